The fourth-order valence-electron chi connectivity index (χ4n) is 3.22. The monoisotopic (exact) mass is 411 g/mol. The maximum Gasteiger partial charge on any atom is 0.387 e. The molecule has 1 aromatic carbocycles. The fourth-order valence-corrected chi connectivity index (χ4v) is 3.22. The van der Waals surface area contributed by atoms with E-state index in [9.17, 15) is 18.4 Å². The van der Waals surface area contributed by atoms with Crippen LogP contribution in [0.15, 0.2) is 24.3 Å². The number of benzene rings is 1. The number of halogens is 2. The lowest BCUT2D eigenvalue weighted by molar-refractivity contribution is -0.144. The van der Waals surface area contributed by atoms with Crippen molar-refractivity contribution in [1.29, 1.82) is 0 Å². The summed E-state index contributed by atoms with van der Waals surface area (Å²) in [4.78, 5) is 23.8. The molecule has 1 fully saturated rings. The Morgan fingerprint density at radius 3 is 2.69 bits per heavy atom. The van der Waals surface area contributed by atoms with Gasteiger partial charge in [-0.25, -0.2) is 4.79 Å². The van der Waals surface area contributed by atoms with Crippen molar-refractivity contribution in [2.24, 2.45) is 5.92 Å². The van der Waals surface area contributed by atoms with Gasteiger partial charge in [-0.2, -0.15) is 8.78 Å². The van der Waals surface area contributed by atoms with E-state index in [4.69, 9.17) is 9.47 Å². The summed E-state index contributed by atoms with van der Waals surface area (Å²) < 4.78 is 39.5. The van der Waals surface area contributed by atoms with Crippen LogP contribution in [-0.2, 0) is 14.3 Å². The number of nitrogens with one attached hydrogen (secondary N) is 1. The van der Waals surface area contributed by atoms with E-state index in [1.165, 1.54) is 30.7 Å². The Morgan fingerprint density at radius 2 is 2.00 bits per heavy atom. The van der Waals surface area contributed by atoms with Gasteiger partial charge in [0.25, 0.3) is 5.91 Å². The van der Waals surface area contributed by atoms with Crippen LogP contribution in [0, 0.1) is 5.92 Å². The van der Waals surface area contributed by atoms with E-state index in [1.54, 1.807) is 6.92 Å². The second-order valence-electron chi connectivity index (χ2n) is 6.89. The molecule has 2 atom stereocenters. The molecule has 0 heterocycles. The highest BCUT2D eigenvalue weighted by Crippen LogP contribution is 2.30. The molecule has 0 aliphatic heterocycles. The molecule has 1 saturated carbocycles. The molecule has 0 radical (unpaired) electrons. The highest BCUT2D eigenvalue weighted by Gasteiger charge is 2.23. The standard InChI is InChI=1S/C21H27F2NO5/c1-3-27-18-12-15(8-10-17(18)29-21(22)23)9-11-20(26)28-13-19(25)24-16-7-5-4-6-14(16)2/h8-12,14,16,21H,3-7,13H2,1-2H3,(H,24,25)/b11-9+/t14-,16-/m1/s1. The molecule has 1 aliphatic carbocycles. The molecule has 29 heavy (non-hydrogen) atoms. The molecule has 1 N–H and O–H groups in total. The molecular formula is C21H27F2NO5. The van der Waals surface area contributed by atoms with Gasteiger partial charge in [0.15, 0.2) is 18.1 Å². The summed E-state index contributed by atoms with van der Waals surface area (Å²) in [6.45, 7) is 0.771. The van der Waals surface area contributed by atoms with Crippen molar-refractivity contribution in [1.82, 2.24) is 5.32 Å². The maximum atomic E-state index is 12.4. The Bertz CT molecular complexity index is 723. The summed E-state index contributed by atoms with van der Waals surface area (Å²) in [6, 6.07) is 4.43. The van der Waals surface area contributed by atoms with Crippen LogP contribution < -0.4 is 14.8 Å². The number of esters is 1. The molecule has 1 amide bonds. The number of hydrogen-bond donors (Lipinski definition) is 1. The average molecular weight is 411 g/mol. The zero-order valence-corrected chi connectivity index (χ0v) is 16.7. The van der Waals surface area contributed by atoms with Crippen molar-refractivity contribution in [3.8, 4) is 11.5 Å². The molecular weight excluding hydrogens is 384 g/mol. The summed E-state index contributed by atoms with van der Waals surface area (Å²) in [5.74, 6) is -0.528. The summed E-state index contributed by atoms with van der Waals surface area (Å²) in [7, 11) is 0. The number of rotatable bonds is 9. The van der Waals surface area contributed by atoms with Crippen LogP contribution in [0.4, 0.5) is 8.78 Å². The zero-order valence-electron chi connectivity index (χ0n) is 16.7. The van der Waals surface area contributed by atoms with Crippen LogP contribution in [0.5, 0.6) is 11.5 Å². The Morgan fingerprint density at radius 1 is 1.24 bits per heavy atom. The van der Waals surface area contributed by atoms with Crippen LogP contribution in [0.1, 0.15) is 45.1 Å². The topological polar surface area (TPSA) is 73.9 Å². The third kappa shape index (κ3) is 7.71. The first-order valence-electron chi connectivity index (χ1n) is 9.75. The molecule has 6 nitrogen and oxygen atoms in total. The van der Waals surface area contributed by atoms with Crippen molar-refractivity contribution in [3.05, 3.63) is 29.8 Å². The van der Waals surface area contributed by atoms with E-state index < -0.39 is 12.6 Å². The van der Waals surface area contributed by atoms with Gasteiger partial charge in [0.2, 0.25) is 0 Å². The normalized spacial score (nSPS) is 19.2. The molecule has 8 heteroatoms. The molecule has 0 aromatic heterocycles. The summed E-state index contributed by atoms with van der Waals surface area (Å²) >= 11 is 0. The minimum atomic E-state index is -2.96. The first-order chi connectivity index (χ1) is 13.9. The lowest BCUT2D eigenvalue weighted by atomic mass is 9.86. The number of amides is 1. The SMILES string of the molecule is CCOc1cc(/C=C/C(=O)OCC(=O)N[C@@H]2CCCC[C@H]2C)ccc1OC(F)F. The summed E-state index contributed by atoms with van der Waals surface area (Å²) in [5.41, 5.74) is 0.535. The van der Waals surface area contributed by atoms with Gasteiger partial charge in [-0.05, 0) is 49.5 Å². The van der Waals surface area contributed by atoms with Crippen LogP contribution >= 0.6 is 0 Å². The largest absolute Gasteiger partial charge is 0.490 e. The van der Waals surface area contributed by atoms with E-state index >= 15 is 0 Å². The second kappa shape index (κ2) is 11.4. The number of alkyl halides is 2. The third-order valence-corrected chi connectivity index (χ3v) is 4.70. The molecule has 0 saturated heterocycles. The van der Waals surface area contributed by atoms with Crippen molar-refractivity contribution < 1.29 is 32.6 Å². The van der Waals surface area contributed by atoms with Gasteiger partial charge in [0.1, 0.15) is 0 Å². The number of carbonyl (C=O) groups excluding carboxylic acids is 2. The maximum absolute atomic E-state index is 12.4. The van der Waals surface area contributed by atoms with Gasteiger partial charge in [0, 0.05) is 12.1 Å². The molecule has 160 valence electrons. The zero-order chi connectivity index (χ0) is 21.2. The fraction of sp³-hybridized carbons (Fsp3) is 0.524. The van der Waals surface area contributed by atoms with E-state index in [-0.39, 0.29) is 36.7 Å². The first kappa shape index (κ1) is 22.6. The minimum absolute atomic E-state index is 0.0878. The molecule has 1 aliphatic rings. The molecule has 2 rings (SSSR count). The lowest BCUT2D eigenvalue weighted by Gasteiger charge is -2.29. The van der Waals surface area contributed by atoms with E-state index in [0.717, 1.165) is 25.3 Å². The van der Waals surface area contributed by atoms with Gasteiger partial charge >= 0.3 is 12.6 Å². The van der Waals surface area contributed by atoms with E-state index in [0.29, 0.717) is 11.5 Å². The number of ether oxygens (including phenoxy) is 3. The van der Waals surface area contributed by atoms with Crippen LogP contribution in [0.2, 0.25) is 0 Å². The van der Waals surface area contributed by atoms with Gasteiger partial charge < -0.3 is 19.5 Å². The summed E-state index contributed by atoms with van der Waals surface area (Å²) in [6.07, 6.45) is 6.89. The van der Waals surface area contributed by atoms with Gasteiger partial charge in [0.05, 0.1) is 6.61 Å². The predicted octanol–water partition coefficient (Wildman–Crippen LogP) is 3.94. The predicted molar refractivity (Wildman–Crippen MR) is 104 cm³/mol. The third-order valence-electron chi connectivity index (χ3n) is 4.70. The van der Waals surface area contributed by atoms with Crippen molar-refractivity contribution in [3.63, 3.8) is 0 Å². The van der Waals surface area contributed by atoms with Crippen LogP contribution in [-0.4, -0.2) is 37.7 Å². The molecule has 0 spiro atoms. The number of carbonyl (C=O) groups is 2. The van der Waals surface area contributed by atoms with Crippen molar-refractivity contribution in [2.75, 3.05) is 13.2 Å². The molecule has 1 aromatic rings. The Kier molecular flexibility index (Phi) is 8.89. The minimum Gasteiger partial charge on any atom is -0.490 e. The summed E-state index contributed by atoms with van der Waals surface area (Å²) in [5, 5.41) is 2.91. The highest BCUT2D eigenvalue weighted by molar-refractivity contribution is 5.89. The highest BCUT2D eigenvalue weighted by atomic mass is 19.3. The lowest BCUT2D eigenvalue weighted by Crippen LogP contribution is -2.42. The average Bonchev–Trinajstić information content (AvgIpc) is 2.68. The van der Waals surface area contributed by atoms with E-state index in [2.05, 4.69) is 17.0 Å². The second-order valence-corrected chi connectivity index (χ2v) is 6.89. The molecule has 0 bridgehead atoms. The van der Waals surface area contributed by atoms with Gasteiger partial charge in [-0.15, -0.1) is 0 Å². The van der Waals surface area contributed by atoms with Crippen LogP contribution in [0.25, 0.3) is 6.08 Å². The Hall–Kier alpha value is -2.64. The molecule has 0 unspecified atom stereocenters. The van der Waals surface area contributed by atoms with Crippen molar-refractivity contribution >= 4 is 18.0 Å². The number of hydrogen-bond acceptors (Lipinski definition) is 5. The first-order valence-corrected chi connectivity index (χ1v) is 9.75. The smallest absolute Gasteiger partial charge is 0.387 e. The van der Waals surface area contributed by atoms with E-state index in [1.807, 2.05) is 0 Å². The van der Waals surface area contributed by atoms with Gasteiger partial charge in [-0.1, -0.05) is 25.8 Å². The van der Waals surface area contributed by atoms with Crippen molar-refractivity contribution in [2.45, 2.75) is 52.2 Å². The quantitative estimate of drug-likeness (QED) is 0.492. The Labute approximate surface area is 169 Å². The Balaban J connectivity index is 1.86. The van der Waals surface area contributed by atoms with Gasteiger partial charge in [-0.3, -0.25) is 4.79 Å². The van der Waals surface area contributed by atoms with Crippen LogP contribution in [0.3, 0.4) is 0 Å².